The fourth-order valence-electron chi connectivity index (χ4n) is 3.93. The number of rotatable bonds is 5. The fourth-order valence-corrected chi connectivity index (χ4v) is 5.61. The van der Waals surface area contributed by atoms with Crippen molar-refractivity contribution in [2.24, 2.45) is 0 Å². The summed E-state index contributed by atoms with van der Waals surface area (Å²) in [6.45, 7) is 1.91. The standard InChI is InChI=1S/C19H23ClF2N4O3S.2ClH/c20-14-8-15(21)12(7-16(14)22)18-24-17-10-30(28,29)9-13(17)19(25-18)26-4-1-11(2-5-26)23-3-6-27;;/h7-8,11,23,27-29H,1-6,9-10H2;2*1H. The number of piperidine rings is 1. The Balaban J connectivity index is 0.00000181. The second-order valence-corrected chi connectivity index (χ2v) is 10.2. The minimum absolute atomic E-state index is 0. The van der Waals surface area contributed by atoms with Crippen LogP contribution in [-0.2, 0) is 11.5 Å². The topological polar surface area (TPSA) is 102 Å². The monoisotopic (exact) mass is 532 g/mol. The SMILES string of the molecule is Cl.Cl.OCCNC1CCN(c2nc(-c3cc(F)c(Cl)cc3F)nc3c2CS(O)(O)C3)CC1. The Morgan fingerprint density at radius 1 is 1.09 bits per heavy atom. The Bertz CT molecular complexity index is 966. The summed E-state index contributed by atoms with van der Waals surface area (Å²) in [6, 6.07) is 2.11. The first-order valence-electron chi connectivity index (χ1n) is 9.65. The van der Waals surface area contributed by atoms with Crippen molar-refractivity contribution in [3.63, 3.8) is 0 Å². The molecule has 0 saturated carbocycles. The van der Waals surface area contributed by atoms with Gasteiger partial charge in [0, 0.05) is 31.2 Å². The first kappa shape index (κ1) is 27.3. The largest absolute Gasteiger partial charge is 0.395 e. The second-order valence-electron chi connectivity index (χ2n) is 7.57. The minimum Gasteiger partial charge on any atom is -0.395 e. The van der Waals surface area contributed by atoms with Gasteiger partial charge in [0.1, 0.15) is 17.5 Å². The summed E-state index contributed by atoms with van der Waals surface area (Å²) in [5, 5.41) is 11.9. The quantitative estimate of drug-likeness (QED) is 0.427. The Morgan fingerprint density at radius 3 is 2.44 bits per heavy atom. The van der Waals surface area contributed by atoms with E-state index < -0.39 is 22.2 Å². The number of halogens is 5. The molecule has 0 spiro atoms. The number of fused-ring (bicyclic) bond motifs is 1. The number of anilines is 1. The molecule has 0 radical (unpaired) electrons. The Kier molecular flexibility index (Phi) is 9.34. The summed E-state index contributed by atoms with van der Waals surface area (Å²) in [5.41, 5.74) is 0.976. The van der Waals surface area contributed by atoms with Gasteiger partial charge in [0.05, 0.1) is 34.4 Å². The summed E-state index contributed by atoms with van der Waals surface area (Å²) in [4.78, 5) is 10.9. The van der Waals surface area contributed by atoms with Crippen molar-refractivity contribution in [1.82, 2.24) is 15.3 Å². The third kappa shape index (κ3) is 5.74. The van der Waals surface area contributed by atoms with Gasteiger partial charge in [-0.3, -0.25) is 9.11 Å². The molecule has 2 aliphatic rings. The number of aliphatic hydroxyl groups excluding tert-OH is 1. The first-order valence-corrected chi connectivity index (χ1v) is 11.9. The molecule has 0 amide bonds. The molecule has 1 fully saturated rings. The van der Waals surface area contributed by atoms with E-state index in [0.29, 0.717) is 36.7 Å². The van der Waals surface area contributed by atoms with Gasteiger partial charge in [-0.1, -0.05) is 11.6 Å². The van der Waals surface area contributed by atoms with Crippen LogP contribution in [0.4, 0.5) is 14.6 Å². The van der Waals surface area contributed by atoms with E-state index in [0.717, 1.165) is 25.0 Å². The molecule has 1 aromatic carbocycles. The number of benzene rings is 1. The van der Waals surface area contributed by atoms with E-state index in [-0.39, 0.29) is 65.4 Å². The van der Waals surface area contributed by atoms with Crippen LogP contribution in [0.5, 0.6) is 0 Å². The molecule has 0 bridgehead atoms. The Labute approximate surface area is 203 Å². The highest BCUT2D eigenvalue weighted by Crippen LogP contribution is 2.54. The lowest BCUT2D eigenvalue weighted by molar-refractivity contribution is 0.277. The highest BCUT2D eigenvalue weighted by molar-refractivity contribution is 8.23. The Hall–Kier alpha value is -0.980. The molecular formula is C19H25Cl3F2N4O3S. The number of aromatic nitrogens is 2. The molecule has 2 aromatic rings. The third-order valence-electron chi connectivity index (χ3n) is 5.40. The molecule has 7 nitrogen and oxygen atoms in total. The summed E-state index contributed by atoms with van der Waals surface area (Å²) < 4.78 is 49.0. The fraction of sp³-hybridized carbons (Fsp3) is 0.474. The van der Waals surface area contributed by atoms with Gasteiger partial charge >= 0.3 is 0 Å². The zero-order valence-electron chi connectivity index (χ0n) is 16.9. The lowest BCUT2D eigenvalue weighted by atomic mass is 10.0. The highest BCUT2D eigenvalue weighted by atomic mass is 35.5. The van der Waals surface area contributed by atoms with Gasteiger partial charge in [-0.15, -0.1) is 24.8 Å². The molecule has 0 unspecified atom stereocenters. The number of aliphatic hydroxyl groups is 1. The predicted molar refractivity (Wildman–Crippen MR) is 127 cm³/mol. The maximum Gasteiger partial charge on any atom is 0.164 e. The van der Waals surface area contributed by atoms with Crippen LogP contribution in [-0.4, -0.2) is 56.5 Å². The van der Waals surface area contributed by atoms with E-state index in [1.54, 1.807) is 0 Å². The molecule has 1 aromatic heterocycles. The van der Waals surface area contributed by atoms with Crippen molar-refractivity contribution in [3.05, 3.63) is 40.0 Å². The molecule has 13 heteroatoms. The second kappa shape index (κ2) is 11.0. The molecule has 2 aliphatic heterocycles. The Morgan fingerprint density at radius 2 is 1.78 bits per heavy atom. The normalized spacial score (nSPS) is 18.5. The average Bonchev–Trinajstić information content (AvgIpc) is 3.02. The maximum absolute atomic E-state index is 14.5. The molecular weight excluding hydrogens is 509 g/mol. The van der Waals surface area contributed by atoms with E-state index in [1.165, 1.54) is 0 Å². The lowest BCUT2D eigenvalue weighted by Gasteiger charge is -2.34. The molecule has 0 aliphatic carbocycles. The van der Waals surface area contributed by atoms with E-state index in [9.17, 15) is 17.9 Å². The molecule has 4 N–H and O–H groups in total. The average molecular weight is 534 g/mol. The summed E-state index contributed by atoms with van der Waals surface area (Å²) in [6.07, 6.45) is 1.63. The van der Waals surface area contributed by atoms with Crippen LogP contribution in [0, 0.1) is 11.6 Å². The van der Waals surface area contributed by atoms with Gasteiger partial charge in [0.2, 0.25) is 0 Å². The number of hydrogen-bond acceptors (Lipinski definition) is 7. The smallest absolute Gasteiger partial charge is 0.164 e. The van der Waals surface area contributed by atoms with Crippen molar-refractivity contribution in [2.45, 2.75) is 30.4 Å². The zero-order chi connectivity index (χ0) is 21.5. The van der Waals surface area contributed by atoms with Crippen molar-refractivity contribution in [3.8, 4) is 11.4 Å². The van der Waals surface area contributed by atoms with E-state index >= 15 is 0 Å². The molecule has 3 heterocycles. The van der Waals surface area contributed by atoms with Crippen molar-refractivity contribution in [1.29, 1.82) is 0 Å². The van der Waals surface area contributed by atoms with Gasteiger partial charge in [-0.2, -0.15) is 10.6 Å². The van der Waals surface area contributed by atoms with Crippen molar-refractivity contribution < 1.29 is 23.0 Å². The molecule has 0 atom stereocenters. The zero-order valence-corrected chi connectivity index (χ0v) is 20.1. The first-order chi connectivity index (χ1) is 14.3. The van der Waals surface area contributed by atoms with Gasteiger partial charge < -0.3 is 15.3 Å². The van der Waals surface area contributed by atoms with E-state index in [1.807, 2.05) is 4.90 Å². The summed E-state index contributed by atoms with van der Waals surface area (Å²) in [5.74, 6) is -0.977. The van der Waals surface area contributed by atoms with Crippen LogP contribution in [0.15, 0.2) is 12.1 Å². The van der Waals surface area contributed by atoms with Gasteiger partial charge in [-0.05, 0) is 25.0 Å². The summed E-state index contributed by atoms with van der Waals surface area (Å²) in [7, 11) is -2.87. The van der Waals surface area contributed by atoms with Crippen LogP contribution in [0.1, 0.15) is 24.1 Å². The minimum atomic E-state index is -2.87. The lowest BCUT2D eigenvalue weighted by Crippen LogP contribution is -2.44. The third-order valence-corrected chi connectivity index (χ3v) is 7.18. The van der Waals surface area contributed by atoms with Crippen LogP contribution in [0.2, 0.25) is 5.02 Å². The molecule has 1 saturated heterocycles. The number of nitrogens with one attached hydrogen (secondary N) is 1. The van der Waals surface area contributed by atoms with Gasteiger partial charge in [0.15, 0.2) is 5.82 Å². The van der Waals surface area contributed by atoms with Crippen molar-refractivity contribution in [2.75, 3.05) is 31.1 Å². The van der Waals surface area contributed by atoms with Gasteiger partial charge in [-0.25, -0.2) is 18.7 Å². The van der Waals surface area contributed by atoms with Crippen LogP contribution >= 0.6 is 47.0 Å². The maximum atomic E-state index is 14.5. The van der Waals surface area contributed by atoms with Crippen molar-refractivity contribution >= 4 is 52.8 Å². The van der Waals surface area contributed by atoms with E-state index in [4.69, 9.17) is 16.7 Å². The molecule has 180 valence electrons. The molecule has 4 rings (SSSR count). The van der Waals surface area contributed by atoms with Gasteiger partial charge in [0.25, 0.3) is 0 Å². The highest BCUT2D eigenvalue weighted by Gasteiger charge is 2.34. The summed E-state index contributed by atoms with van der Waals surface area (Å²) >= 11 is 5.66. The van der Waals surface area contributed by atoms with Crippen LogP contribution in [0.25, 0.3) is 11.4 Å². The van der Waals surface area contributed by atoms with Crippen LogP contribution < -0.4 is 10.2 Å². The number of nitrogens with zero attached hydrogens (tertiary/aromatic N) is 3. The van der Waals surface area contributed by atoms with Crippen LogP contribution in [0.3, 0.4) is 0 Å². The molecule has 32 heavy (non-hydrogen) atoms. The van der Waals surface area contributed by atoms with E-state index in [2.05, 4.69) is 15.3 Å². The number of hydrogen-bond donors (Lipinski definition) is 4. The predicted octanol–water partition coefficient (Wildman–Crippen LogP) is 4.23.